The fourth-order valence-electron chi connectivity index (χ4n) is 2.89. The summed E-state index contributed by atoms with van der Waals surface area (Å²) in [7, 11) is 0. The van der Waals surface area contributed by atoms with Gasteiger partial charge in [-0.05, 0) is 5.92 Å². The molecule has 3 rings (SSSR count). The summed E-state index contributed by atoms with van der Waals surface area (Å²) >= 11 is 1.23. The van der Waals surface area contributed by atoms with Crippen LogP contribution in [0.15, 0.2) is 31.0 Å². The number of hydrogen-bond acceptors (Lipinski definition) is 9. The molecule has 10 heteroatoms. The number of nitrogens with one attached hydrogen (secondary N) is 1. The van der Waals surface area contributed by atoms with E-state index in [1.54, 1.807) is 6.07 Å². The molecular formula is C24H26N6O3S. The fraction of sp³-hybridized carbons (Fsp3) is 0.375. The number of aliphatic hydroxyl groups is 1. The molecule has 0 fully saturated rings. The van der Waals surface area contributed by atoms with Crippen molar-refractivity contribution in [3.8, 4) is 11.8 Å². The number of carbonyl (C=O) groups is 2. The zero-order valence-corrected chi connectivity index (χ0v) is 20.3. The van der Waals surface area contributed by atoms with Gasteiger partial charge in [-0.25, -0.2) is 24.9 Å². The van der Waals surface area contributed by atoms with Gasteiger partial charge in [0, 0.05) is 36.3 Å². The average molecular weight is 479 g/mol. The van der Waals surface area contributed by atoms with Gasteiger partial charge in [0.25, 0.3) is 5.91 Å². The predicted molar refractivity (Wildman–Crippen MR) is 129 cm³/mol. The third-order valence-corrected chi connectivity index (χ3v) is 5.97. The number of ketones is 1. The van der Waals surface area contributed by atoms with Crippen LogP contribution in [0, 0.1) is 11.8 Å². The first-order chi connectivity index (χ1) is 16.2. The number of hydrogen-bond donors (Lipinski definition) is 2. The molecule has 0 aromatic carbocycles. The van der Waals surface area contributed by atoms with Crippen LogP contribution in [0.5, 0.6) is 0 Å². The number of aliphatic hydroxyl groups excluding tert-OH is 1. The fourth-order valence-corrected chi connectivity index (χ4v) is 3.76. The second-order valence-electron chi connectivity index (χ2n) is 8.65. The Morgan fingerprint density at radius 2 is 1.88 bits per heavy atom. The van der Waals surface area contributed by atoms with Crippen molar-refractivity contribution >= 4 is 28.8 Å². The Kier molecular flexibility index (Phi) is 8.15. The van der Waals surface area contributed by atoms with E-state index in [0.29, 0.717) is 27.8 Å². The molecule has 3 aromatic heterocycles. The van der Waals surface area contributed by atoms with Crippen LogP contribution in [0.2, 0.25) is 0 Å². The molecule has 0 aliphatic rings. The number of nitrogens with zero attached hydrogens (tertiary/aromatic N) is 5. The van der Waals surface area contributed by atoms with Crippen molar-refractivity contribution in [2.24, 2.45) is 0 Å². The van der Waals surface area contributed by atoms with Crippen LogP contribution in [0.4, 0.5) is 5.82 Å². The van der Waals surface area contributed by atoms with Gasteiger partial charge in [0.1, 0.15) is 34.7 Å². The quantitative estimate of drug-likeness (QED) is 0.390. The third kappa shape index (κ3) is 6.73. The van der Waals surface area contributed by atoms with Crippen molar-refractivity contribution < 1.29 is 14.7 Å². The first-order valence-electron chi connectivity index (χ1n) is 10.7. The molecule has 3 heterocycles. The molecule has 0 radical (unpaired) electrons. The average Bonchev–Trinajstić information content (AvgIpc) is 3.30. The van der Waals surface area contributed by atoms with E-state index in [-0.39, 0.29) is 41.7 Å². The highest BCUT2D eigenvalue weighted by molar-refractivity contribution is 7.13. The van der Waals surface area contributed by atoms with Crippen LogP contribution < -0.4 is 5.32 Å². The van der Waals surface area contributed by atoms with Gasteiger partial charge in [-0.3, -0.25) is 9.59 Å². The van der Waals surface area contributed by atoms with Gasteiger partial charge >= 0.3 is 0 Å². The van der Waals surface area contributed by atoms with Crippen molar-refractivity contribution in [1.29, 1.82) is 0 Å². The van der Waals surface area contributed by atoms with Gasteiger partial charge in [-0.1, -0.05) is 33.6 Å². The van der Waals surface area contributed by atoms with Gasteiger partial charge in [0.15, 0.2) is 5.78 Å². The Morgan fingerprint density at radius 3 is 2.62 bits per heavy atom. The van der Waals surface area contributed by atoms with Crippen molar-refractivity contribution in [3.63, 3.8) is 0 Å². The van der Waals surface area contributed by atoms with Crippen molar-refractivity contribution in [2.75, 3.05) is 11.9 Å². The molecule has 1 unspecified atom stereocenters. The van der Waals surface area contributed by atoms with E-state index in [1.807, 2.05) is 27.7 Å². The number of rotatable bonds is 7. The topological polar surface area (TPSA) is 131 Å². The highest BCUT2D eigenvalue weighted by Crippen LogP contribution is 2.26. The summed E-state index contributed by atoms with van der Waals surface area (Å²) < 4.78 is 0. The molecule has 1 atom stereocenters. The minimum Gasteiger partial charge on any atom is -0.395 e. The monoisotopic (exact) mass is 478 g/mol. The molecule has 34 heavy (non-hydrogen) atoms. The van der Waals surface area contributed by atoms with Crippen molar-refractivity contribution in [3.05, 3.63) is 58.0 Å². The lowest BCUT2D eigenvalue weighted by atomic mass is 9.92. The lowest BCUT2D eigenvalue weighted by molar-refractivity contribution is 0.0969. The van der Waals surface area contributed by atoms with Gasteiger partial charge in [0.2, 0.25) is 0 Å². The SMILES string of the molecule is CC(CC(=O)c1cc(C#CCCO)ncn1)c1ncc(C(=O)Nc2cc(C(C)(C)C)ncn2)s1. The van der Waals surface area contributed by atoms with E-state index >= 15 is 0 Å². The minimum atomic E-state index is -0.317. The number of aromatic nitrogens is 5. The summed E-state index contributed by atoms with van der Waals surface area (Å²) in [5, 5.41) is 12.3. The maximum atomic E-state index is 12.7. The number of carbonyl (C=O) groups excluding carboxylic acids is 2. The Hall–Kier alpha value is -3.55. The summed E-state index contributed by atoms with van der Waals surface area (Å²) in [5.41, 5.74) is 1.34. The van der Waals surface area contributed by atoms with E-state index in [2.05, 4.69) is 42.1 Å². The van der Waals surface area contributed by atoms with Gasteiger partial charge < -0.3 is 10.4 Å². The Balaban J connectivity index is 1.65. The number of Topliss-reactive ketones (excluding diaryl/α,β-unsaturated/α-hetero) is 1. The molecular weight excluding hydrogens is 452 g/mol. The van der Waals surface area contributed by atoms with Crippen LogP contribution in [0.25, 0.3) is 0 Å². The molecule has 176 valence electrons. The van der Waals surface area contributed by atoms with Crippen LogP contribution in [0.3, 0.4) is 0 Å². The molecule has 0 aliphatic carbocycles. The highest BCUT2D eigenvalue weighted by atomic mass is 32.1. The van der Waals surface area contributed by atoms with Crippen LogP contribution in [-0.2, 0) is 5.41 Å². The highest BCUT2D eigenvalue weighted by Gasteiger charge is 2.21. The Bertz CT molecular complexity index is 1240. The largest absolute Gasteiger partial charge is 0.395 e. The second kappa shape index (κ2) is 11.0. The Labute approximate surface area is 202 Å². The summed E-state index contributed by atoms with van der Waals surface area (Å²) in [6.45, 7) is 7.94. The van der Waals surface area contributed by atoms with E-state index in [9.17, 15) is 9.59 Å². The number of anilines is 1. The standard InChI is InChI=1S/C24H26N6O3S/c1-15(9-18(32)17-10-16(26-13-27-17)7-5-6-8-31)23-25-12-19(34-23)22(33)30-21-11-20(24(2,3)4)28-14-29-21/h10-15,31H,6,8-9H2,1-4H3,(H,28,29,30,33). The molecule has 0 saturated heterocycles. The molecule has 1 amide bonds. The van der Waals surface area contributed by atoms with E-state index in [1.165, 1.54) is 36.3 Å². The summed E-state index contributed by atoms with van der Waals surface area (Å²) in [4.78, 5) is 46.6. The number of amides is 1. The maximum absolute atomic E-state index is 12.7. The smallest absolute Gasteiger partial charge is 0.268 e. The molecule has 9 nitrogen and oxygen atoms in total. The first-order valence-corrected chi connectivity index (χ1v) is 11.5. The molecule has 0 bridgehead atoms. The van der Waals surface area contributed by atoms with E-state index < -0.39 is 0 Å². The first kappa shape index (κ1) is 25.1. The minimum absolute atomic E-state index is 0.0355. The van der Waals surface area contributed by atoms with Crippen LogP contribution in [0.1, 0.15) is 83.0 Å². The van der Waals surface area contributed by atoms with Crippen molar-refractivity contribution in [1.82, 2.24) is 24.9 Å². The molecule has 3 aromatic rings. The van der Waals surface area contributed by atoms with E-state index in [4.69, 9.17) is 5.11 Å². The molecule has 0 saturated carbocycles. The normalized spacial score (nSPS) is 11.9. The number of thiazole rings is 1. The molecule has 2 N–H and O–H groups in total. The molecule has 0 spiro atoms. The second-order valence-corrected chi connectivity index (χ2v) is 9.71. The van der Waals surface area contributed by atoms with Crippen molar-refractivity contribution in [2.45, 2.75) is 51.9 Å². The summed E-state index contributed by atoms with van der Waals surface area (Å²) in [6, 6.07) is 3.29. The maximum Gasteiger partial charge on any atom is 0.268 e. The summed E-state index contributed by atoms with van der Waals surface area (Å²) in [6.07, 6.45) is 4.74. The van der Waals surface area contributed by atoms with E-state index in [0.717, 1.165) is 5.69 Å². The zero-order chi connectivity index (χ0) is 24.7. The Morgan fingerprint density at radius 1 is 1.12 bits per heavy atom. The third-order valence-electron chi connectivity index (χ3n) is 4.74. The molecule has 0 aliphatic heterocycles. The lowest BCUT2D eigenvalue weighted by Gasteiger charge is -2.17. The predicted octanol–water partition coefficient (Wildman–Crippen LogP) is 3.38. The summed E-state index contributed by atoms with van der Waals surface area (Å²) in [5.74, 6) is 5.30. The zero-order valence-electron chi connectivity index (χ0n) is 19.5. The van der Waals surface area contributed by atoms with Gasteiger partial charge in [-0.2, -0.15) is 0 Å². The van der Waals surface area contributed by atoms with Gasteiger partial charge in [0.05, 0.1) is 23.5 Å². The van der Waals surface area contributed by atoms with Crippen LogP contribution in [-0.4, -0.2) is 48.3 Å². The van der Waals surface area contributed by atoms with Crippen LogP contribution >= 0.6 is 11.3 Å². The van der Waals surface area contributed by atoms with Gasteiger partial charge in [-0.15, -0.1) is 11.3 Å². The lowest BCUT2D eigenvalue weighted by Crippen LogP contribution is -2.16.